The summed E-state index contributed by atoms with van der Waals surface area (Å²) in [6.45, 7) is 0.937. The molecule has 0 saturated carbocycles. The third kappa shape index (κ3) is 5.66. The number of hydrogen-bond donors (Lipinski definition) is 2. The molecule has 2 N–H and O–H groups in total. The van der Waals surface area contributed by atoms with Crippen LogP contribution in [0.1, 0.15) is 22.6 Å². The molecule has 1 aliphatic rings. The molecule has 2 aromatic carbocycles. The molecular weight excluding hydrogens is 478 g/mol. The van der Waals surface area contributed by atoms with Gasteiger partial charge in [-0.1, -0.05) is 23.2 Å². The number of fused-ring (bicyclic) bond motifs is 1. The highest BCUT2D eigenvalue weighted by atomic mass is 35.5. The van der Waals surface area contributed by atoms with Gasteiger partial charge in [-0.25, -0.2) is 14.4 Å². The predicted molar refractivity (Wildman–Crippen MR) is 122 cm³/mol. The van der Waals surface area contributed by atoms with Gasteiger partial charge in [-0.15, -0.1) is 11.3 Å². The van der Waals surface area contributed by atoms with Crippen LogP contribution in [0.4, 0.5) is 4.39 Å². The second-order valence-corrected chi connectivity index (χ2v) is 9.14. The lowest BCUT2D eigenvalue weighted by Gasteiger charge is -2.32. The molecular formula is C21H19Cl2FN4O3S. The summed E-state index contributed by atoms with van der Waals surface area (Å²) in [5.41, 5.74) is 3.56. The second-order valence-electron chi connectivity index (χ2n) is 7.27. The van der Waals surface area contributed by atoms with Gasteiger partial charge in [0.1, 0.15) is 11.6 Å². The minimum atomic E-state index is -0.603. The monoisotopic (exact) mass is 496 g/mol. The number of hydrogen-bond acceptors (Lipinski definition) is 6. The van der Waals surface area contributed by atoms with E-state index >= 15 is 0 Å². The van der Waals surface area contributed by atoms with Gasteiger partial charge in [0.25, 0.3) is 11.8 Å². The van der Waals surface area contributed by atoms with E-state index in [-0.39, 0.29) is 35.2 Å². The van der Waals surface area contributed by atoms with Crippen LogP contribution in [-0.2, 0) is 4.79 Å². The average molecular weight is 497 g/mol. The van der Waals surface area contributed by atoms with Gasteiger partial charge in [0.2, 0.25) is 0 Å². The summed E-state index contributed by atoms with van der Waals surface area (Å²) in [7, 11) is 0. The maximum Gasteiger partial charge on any atom is 0.294 e. The molecule has 0 spiro atoms. The SMILES string of the molecule is O=C(COc1ccc(Cl)c(F)c1)NC1CCN(NC(=O)c2nc3cc(Cl)ccc3s2)CC1. The summed E-state index contributed by atoms with van der Waals surface area (Å²) in [6, 6.07) is 9.31. The van der Waals surface area contributed by atoms with E-state index < -0.39 is 5.82 Å². The fraction of sp³-hybridized carbons (Fsp3) is 0.286. The van der Waals surface area contributed by atoms with Crippen molar-refractivity contribution in [3.05, 3.63) is 57.3 Å². The fourth-order valence-corrected chi connectivity index (χ4v) is 4.43. The zero-order valence-electron chi connectivity index (χ0n) is 16.7. The third-order valence-electron chi connectivity index (χ3n) is 4.92. The first-order valence-electron chi connectivity index (χ1n) is 9.86. The zero-order valence-corrected chi connectivity index (χ0v) is 19.1. The van der Waals surface area contributed by atoms with Crippen molar-refractivity contribution in [2.45, 2.75) is 18.9 Å². The number of amides is 2. The molecule has 0 radical (unpaired) electrons. The molecule has 0 unspecified atom stereocenters. The molecule has 168 valence electrons. The lowest BCUT2D eigenvalue weighted by Crippen LogP contribution is -2.51. The molecule has 1 fully saturated rings. The van der Waals surface area contributed by atoms with E-state index in [2.05, 4.69) is 15.7 Å². The van der Waals surface area contributed by atoms with E-state index in [0.717, 1.165) is 10.8 Å². The van der Waals surface area contributed by atoms with E-state index in [1.165, 1.54) is 23.5 Å². The summed E-state index contributed by atoms with van der Waals surface area (Å²) < 4.78 is 19.6. The molecule has 32 heavy (non-hydrogen) atoms. The Morgan fingerprint density at radius 2 is 1.97 bits per heavy atom. The second kappa shape index (κ2) is 9.99. The summed E-state index contributed by atoms with van der Waals surface area (Å²) in [4.78, 5) is 29.0. The smallest absolute Gasteiger partial charge is 0.294 e. The Morgan fingerprint density at radius 1 is 1.19 bits per heavy atom. The lowest BCUT2D eigenvalue weighted by molar-refractivity contribution is -0.124. The van der Waals surface area contributed by atoms with Crippen LogP contribution in [0.25, 0.3) is 10.2 Å². The molecule has 11 heteroatoms. The van der Waals surface area contributed by atoms with Crippen LogP contribution in [0.3, 0.4) is 0 Å². The molecule has 0 bridgehead atoms. The highest BCUT2D eigenvalue weighted by molar-refractivity contribution is 7.20. The van der Waals surface area contributed by atoms with Gasteiger partial charge >= 0.3 is 0 Å². The number of carbonyl (C=O) groups excluding carboxylic acids is 2. The maximum atomic E-state index is 13.4. The Kier molecular flexibility index (Phi) is 7.10. The number of nitrogens with zero attached hydrogens (tertiary/aromatic N) is 2. The van der Waals surface area contributed by atoms with Crippen molar-refractivity contribution in [1.29, 1.82) is 0 Å². The van der Waals surface area contributed by atoms with Crippen molar-refractivity contribution in [3.63, 3.8) is 0 Å². The van der Waals surface area contributed by atoms with Crippen LogP contribution in [0.5, 0.6) is 5.75 Å². The number of rotatable bonds is 6. The van der Waals surface area contributed by atoms with Gasteiger partial charge in [-0.05, 0) is 43.2 Å². The molecule has 2 amide bonds. The van der Waals surface area contributed by atoms with Gasteiger partial charge in [-0.3, -0.25) is 15.0 Å². The fourth-order valence-electron chi connectivity index (χ4n) is 3.31. The molecule has 0 atom stereocenters. The van der Waals surface area contributed by atoms with Crippen molar-refractivity contribution in [2.24, 2.45) is 0 Å². The zero-order chi connectivity index (χ0) is 22.7. The molecule has 2 heterocycles. The number of halogens is 3. The molecule has 1 aliphatic heterocycles. The number of carbonyl (C=O) groups is 2. The lowest BCUT2D eigenvalue weighted by atomic mass is 10.1. The molecule has 1 aromatic heterocycles. The van der Waals surface area contributed by atoms with Crippen molar-refractivity contribution < 1.29 is 18.7 Å². The largest absolute Gasteiger partial charge is 0.484 e. The van der Waals surface area contributed by atoms with Crippen molar-refractivity contribution in [1.82, 2.24) is 20.7 Å². The molecule has 7 nitrogen and oxygen atoms in total. The molecule has 0 aliphatic carbocycles. The molecule has 1 saturated heterocycles. The Hall–Kier alpha value is -2.46. The number of ether oxygens (including phenoxy) is 1. The summed E-state index contributed by atoms with van der Waals surface area (Å²) in [5.74, 6) is -0.935. The van der Waals surface area contributed by atoms with E-state index in [0.29, 0.717) is 41.5 Å². The minimum Gasteiger partial charge on any atom is -0.484 e. The number of hydrazine groups is 1. The van der Waals surface area contributed by atoms with E-state index in [1.54, 1.807) is 12.1 Å². The number of aromatic nitrogens is 1. The van der Waals surface area contributed by atoms with Crippen molar-refractivity contribution in [3.8, 4) is 5.75 Å². The van der Waals surface area contributed by atoms with Gasteiger partial charge in [-0.2, -0.15) is 0 Å². The van der Waals surface area contributed by atoms with Gasteiger partial charge in [0.05, 0.1) is 15.2 Å². The standard InChI is InChI=1S/C21H19Cl2FN4O3S/c22-12-1-4-18-17(9-12)26-21(32-18)20(30)27-28-7-5-13(6-8-28)25-19(29)11-31-14-2-3-15(23)16(24)10-14/h1-4,9-10,13H,5-8,11H2,(H,25,29)(H,27,30). The van der Waals surface area contributed by atoms with Crippen LogP contribution in [0, 0.1) is 5.82 Å². The first-order chi connectivity index (χ1) is 15.4. The van der Waals surface area contributed by atoms with Crippen LogP contribution in [-0.4, -0.2) is 47.5 Å². The number of nitrogens with one attached hydrogen (secondary N) is 2. The van der Waals surface area contributed by atoms with Crippen LogP contribution in [0.2, 0.25) is 10.0 Å². The number of piperidine rings is 1. The van der Waals surface area contributed by atoms with E-state index in [9.17, 15) is 14.0 Å². The highest BCUT2D eigenvalue weighted by Gasteiger charge is 2.23. The summed E-state index contributed by atoms with van der Waals surface area (Å²) >= 11 is 12.9. The molecule has 4 rings (SSSR count). The van der Waals surface area contributed by atoms with Crippen LogP contribution < -0.4 is 15.5 Å². The first kappa shape index (κ1) is 22.7. The highest BCUT2D eigenvalue weighted by Crippen LogP contribution is 2.25. The normalized spacial score (nSPS) is 15.0. The summed E-state index contributed by atoms with van der Waals surface area (Å²) in [6.07, 6.45) is 1.33. The minimum absolute atomic E-state index is 0.00631. The summed E-state index contributed by atoms with van der Waals surface area (Å²) in [5, 5.41) is 5.65. The van der Waals surface area contributed by atoms with Crippen molar-refractivity contribution >= 4 is 56.6 Å². The van der Waals surface area contributed by atoms with Gasteiger partial charge in [0, 0.05) is 30.2 Å². The number of thiazole rings is 1. The quantitative estimate of drug-likeness (QED) is 0.537. The van der Waals surface area contributed by atoms with E-state index in [1.807, 2.05) is 11.1 Å². The van der Waals surface area contributed by atoms with Crippen LogP contribution in [0.15, 0.2) is 36.4 Å². The third-order valence-corrected chi connectivity index (χ3v) is 6.50. The Labute approximate surface area is 197 Å². The Bertz CT molecular complexity index is 1150. The average Bonchev–Trinajstić information content (AvgIpc) is 3.19. The number of benzene rings is 2. The predicted octanol–water partition coefficient (Wildman–Crippen LogP) is 4.05. The van der Waals surface area contributed by atoms with E-state index in [4.69, 9.17) is 27.9 Å². The van der Waals surface area contributed by atoms with Crippen LogP contribution >= 0.6 is 34.5 Å². The first-order valence-corrected chi connectivity index (χ1v) is 11.4. The molecule has 3 aromatic rings. The maximum absolute atomic E-state index is 13.4. The van der Waals surface area contributed by atoms with Gasteiger partial charge in [0.15, 0.2) is 11.6 Å². The topological polar surface area (TPSA) is 83.6 Å². The van der Waals surface area contributed by atoms with Crippen molar-refractivity contribution in [2.75, 3.05) is 19.7 Å². The Morgan fingerprint density at radius 3 is 2.72 bits per heavy atom. The van der Waals surface area contributed by atoms with Gasteiger partial charge < -0.3 is 10.1 Å². The Balaban J connectivity index is 1.21.